The number of hydrogen-bond acceptors (Lipinski definition) is 7. The fraction of sp³-hybridized carbons (Fsp3) is 0.421. The van der Waals surface area contributed by atoms with Crippen molar-refractivity contribution in [3.63, 3.8) is 0 Å². The molecule has 0 atom stereocenters. The van der Waals surface area contributed by atoms with Crippen molar-refractivity contribution in [2.75, 3.05) is 26.2 Å². The maximum Gasteiger partial charge on any atom is 0.303 e. The largest absolute Gasteiger partial charge is 0.481 e. The quantitative estimate of drug-likeness (QED) is 0.154. The molecule has 0 fully saturated rings. The van der Waals surface area contributed by atoms with E-state index in [1.54, 1.807) is 0 Å². The Labute approximate surface area is 188 Å². The third kappa shape index (κ3) is 11.7. The summed E-state index contributed by atoms with van der Waals surface area (Å²) in [5.41, 5.74) is 4.69. The molecule has 1 heterocycles. The molecule has 1 rings (SSSR count). The number of carboxylic acid groups (broad SMARTS) is 1. The summed E-state index contributed by atoms with van der Waals surface area (Å²) >= 11 is 0. The molecule has 0 aromatic rings. The predicted molar refractivity (Wildman–Crippen MR) is 111 cm³/mol. The van der Waals surface area contributed by atoms with E-state index in [-0.39, 0.29) is 38.1 Å². The number of nitrogens with one attached hydrogen (secondary N) is 5. The number of hydrogen-bond donors (Lipinski definition) is 6. The molecular weight excluding hydrogens is 440 g/mol. The number of nitrogens with zero attached hydrogens (tertiary/aromatic N) is 1. The summed E-state index contributed by atoms with van der Waals surface area (Å²) in [4.78, 5) is 81.2. The van der Waals surface area contributed by atoms with E-state index in [9.17, 15) is 33.6 Å². The molecule has 1 aliphatic rings. The Morgan fingerprint density at radius 1 is 0.758 bits per heavy atom. The molecule has 0 aromatic carbocycles. The standard InChI is InChI=1S/C19H26N6O8/c1-12-5-6-18(31)25(12)8-7-14(27)23-24-17(30)11-22-16(29)10-21-15(28)9-20-13(26)3-2-4-19(32)33/h5-6H,1-4,7-11H2,(H,20,26)(H,21,28)(H,22,29)(H,23,27)(H,24,30)(H,32,33). The van der Waals surface area contributed by atoms with Gasteiger partial charge in [0.15, 0.2) is 0 Å². The maximum atomic E-state index is 11.7. The second-order valence-corrected chi connectivity index (χ2v) is 6.74. The normalized spacial score (nSPS) is 12.2. The molecule has 0 unspecified atom stereocenters. The summed E-state index contributed by atoms with van der Waals surface area (Å²) in [5, 5.41) is 15.2. The first-order valence-corrected chi connectivity index (χ1v) is 9.86. The molecule has 180 valence electrons. The molecule has 6 N–H and O–H groups in total. The number of carbonyl (C=O) groups excluding carboxylic acids is 6. The van der Waals surface area contributed by atoms with E-state index in [1.165, 1.54) is 17.1 Å². The van der Waals surface area contributed by atoms with Crippen LogP contribution in [0.15, 0.2) is 24.4 Å². The van der Waals surface area contributed by atoms with Crippen molar-refractivity contribution in [1.29, 1.82) is 0 Å². The average Bonchev–Trinajstić information content (AvgIpc) is 3.08. The molecule has 14 heteroatoms. The Morgan fingerprint density at radius 2 is 1.30 bits per heavy atom. The van der Waals surface area contributed by atoms with Crippen LogP contribution in [0.3, 0.4) is 0 Å². The highest BCUT2D eigenvalue weighted by atomic mass is 16.4. The minimum Gasteiger partial charge on any atom is -0.481 e. The van der Waals surface area contributed by atoms with E-state index in [2.05, 4.69) is 33.4 Å². The molecule has 6 amide bonds. The van der Waals surface area contributed by atoms with Gasteiger partial charge in [-0.05, 0) is 12.5 Å². The van der Waals surface area contributed by atoms with Crippen LogP contribution in [0.2, 0.25) is 0 Å². The predicted octanol–water partition coefficient (Wildman–Crippen LogP) is -2.96. The van der Waals surface area contributed by atoms with Crippen molar-refractivity contribution in [2.24, 2.45) is 0 Å². The second kappa shape index (κ2) is 14.0. The Bertz CT molecular complexity index is 835. The van der Waals surface area contributed by atoms with E-state index in [0.717, 1.165) is 0 Å². The molecule has 0 saturated heterocycles. The van der Waals surface area contributed by atoms with Crippen LogP contribution in [0, 0.1) is 0 Å². The fourth-order valence-corrected chi connectivity index (χ4v) is 2.35. The smallest absolute Gasteiger partial charge is 0.303 e. The van der Waals surface area contributed by atoms with Gasteiger partial charge in [0.2, 0.25) is 23.6 Å². The Morgan fingerprint density at radius 3 is 1.85 bits per heavy atom. The Hall–Kier alpha value is -4.23. The van der Waals surface area contributed by atoms with Gasteiger partial charge >= 0.3 is 5.97 Å². The number of hydrazine groups is 1. The van der Waals surface area contributed by atoms with E-state index in [0.29, 0.717) is 5.70 Å². The van der Waals surface area contributed by atoms with Crippen molar-refractivity contribution in [3.8, 4) is 0 Å². The molecule has 14 nitrogen and oxygen atoms in total. The minimum absolute atomic E-state index is 0.0470. The molecule has 0 radical (unpaired) electrons. The third-order valence-corrected chi connectivity index (χ3v) is 4.07. The number of amides is 6. The minimum atomic E-state index is -1.03. The lowest BCUT2D eigenvalue weighted by molar-refractivity contribution is -0.137. The summed E-state index contributed by atoms with van der Waals surface area (Å²) in [5.74, 6) is -4.42. The topological polar surface area (TPSA) is 203 Å². The first-order chi connectivity index (χ1) is 15.6. The van der Waals surface area contributed by atoms with Crippen LogP contribution >= 0.6 is 0 Å². The summed E-state index contributed by atoms with van der Waals surface area (Å²) in [6, 6.07) is 0. The van der Waals surface area contributed by atoms with Crippen molar-refractivity contribution in [1.82, 2.24) is 31.7 Å². The van der Waals surface area contributed by atoms with Crippen LogP contribution in [-0.4, -0.2) is 77.6 Å². The van der Waals surface area contributed by atoms with Crippen molar-refractivity contribution in [3.05, 3.63) is 24.4 Å². The molecule has 0 spiro atoms. The Balaban J connectivity index is 2.10. The van der Waals surface area contributed by atoms with Crippen LogP contribution in [0.4, 0.5) is 0 Å². The van der Waals surface area contributed by atoms with Gasteiger partial charge in [-0.2, -0.15) is 0 Å². The monoisotopic (exact) mass is 466 g/mol. The number of allylic oxidation sites excluding steroid dienone is 1. The zero-order valence-electron chi connectivity index (χ0n) is 17.8. The van der Waals surface area contributed by atoms with Gasteiger partial charge in [0, 0.05) is 37.6 Å². The Kier molecular flexibility index (Phi) is 11.3. The average molecular weight is 466 g/mol. The maximum absolute atomic E-state index is 11.7. The highest BCUT2D eigenvalue weighted by Crippen LogP contribution is 2.12. The molecule has 0 saturated carbocycles. The van der Waals surface area contributed by atoms with Crippen molar-refractivity contribution >= 4 is 41.4 Å². The molecule has 33 heavy (non-hydrogen) atoms. The highest BCUT2D eigenvalue weighted by molar-refractivity contribution is 5.93. The first kappa shape index (κ1) is 26.8. The second-order valence-electron chi connectivity index (χ2n) is 6.74. The van der Waals surface area contributed by atoms with Gasteiger partial charge in [-0.1, -0.05) is 6.58 Å². The van der Waals surface area contributed by atoms with Gasteiger partial charge in [0.1, 0.15) is 0 Å². The number of rotatable bonds is 13. The zero-order valence-corrected chi connectivity index (χ0v) is 17.8. The van der Waals surface area contributed by atoms with Crippen LogP contribution in [0.5, 0.6) is 0 Å². The lowest BCUT2D eigenvalue weighted by Crippen LogP contribution is -2.48. The van der Waals surface area contributed by atoms with Gasteiger partial charge in [-0.15, -0.1) is 0 Å². The highest BCUT2D eigenvalue weighted by Gasteiger charge is 2.19. The lowest BCUT2D eigenvalue weighted by atomic mass is 10.2. The van der Waals surface area contributed by atoms with Crippen LogP contribution in [0.1, 0.15) is 25.7 Å². The molecular formula is C19H26N6O8. The molecule has 0 aromatic heterocycles. The van der Waals surface area contributed by atoms with Crippen molar-refractivity contribution in [2.45, 2.75) is 25.7 Å². The van der Waals surface area contributed by atoms with Crippen molar-refractivity contribution < 1.29 is 38.7 Å². The summed E-state index contributed by atoms with van der Waals surface area (Å²) in [6.45, 7) is 2.43. The van der Waals surface area contributed by atoms with Gasteiger partial charge in [0.25, 0.3) is 11.8 Å². The van der Waals surface area contributed by atoms with Gasteiger partial charge in [-0.25, -0.2) is 0 Å². The van der Waals surface area contributed by atoms with E-state index >= 15 is 0 Å². The van der Waals surface area contributed by atoms with E-state index in [1.807, 2.05) is 0 Å². The summed E-state index contributed by atoms with van der Waals surface area (Å²) in [6.07, 6.45) is 2.70. The van der Waals surface area contributed by atoms with Gasteiger partial charge in [0.05, 0.1) is 19.6 Å². The van der Waals surface area contributed by atoms with Gasteiger partial charge < -0.3 is 26.0 Å². The molecule has 0 aliphatic carbocycles. The summed E-state index contributed by atoms with van der Waals surface area (Å²) < 4.78 is 0. The first-order valence-electron chi connectivity index (χ1n) is 9.86. The zero-order chi connectivity index (χ0) is 24.8. The SMILES string of the molecule is C=C1C=CC(=O)N1CCC(=O)NNC(=O)CNC(=O)CNC(=O)CNC(=O)CCCC(=O)O. The lowest BCUT2D eigenvalue weighted by Gasteiger charge is -2.16. The molecule has 0 bridgehead atoms. The molecule has 1 aliphatic heterocycles. The van der Waals surface area contributed by atoms with Crippen LogP contribution in [0.25, 0.3) is 0 Å². The van der Waals surface area contributed by atoms with E-state index in [4.69, 9.17) is 5.11 Å². The summed E-state index contributed by atoms with van der Waals surface area (Å²) in [7, 11) is 0. The fourth-order valence-electron chi connectivity index (χ4n) is 2.35. The van der Waals surface area contributed by atoms with Crippen LogP contribution in [-0.2, 0) is 33.6 Å². The number of aliphatic carboxylic acids is 1. The van der Waals surface area contributed by atoms with Gasteiger partial charge in [-0.3, -0.25) is 44.4 Å². The number of carbonyl (C=O) groups is 7. The van der Waals surface area contributed by atoms with Crippen LogP contribution < -0.4 is 26.8 Å². The third-order valence-electron chi connectivity index (χ3n) is 4.07. The number of carboxylic acids is 1. The van der Waals surface area contributed by atoms with E-state index < -0.39 is 55.1 Å².